The summed E-state index contributed by atoms with van der Waals surface area (Å²) in [6.07, 6.45) is 6.00. The number of ether oxygens (including phenoxy) is 2. The maximum Gasteiger partial charge on any atom is 0.382 e. The highest BCUT2D eigenvalue weighted by Crippen LogP contribution is 2.38. The first-order chi connectivity index (χ1) is 12.8. The second-order valence-corrected chi connectivity index (χ2v) is 7.04. The van der Waals surface area contributed by atoms with Gasteiger partial charge in [0.05, 0.1) is 6.10 Å². The standard InChI is InChI=1S/C22H28O5/c1-14(2)8-6-9-16(5)12-13-25-17-10-7-11-18-19(17)21(26-15(3)4)20(23)22(24)27-18/h7-8,10-12,15,23H,6,9,13H2,1-5H3. The lowest BCUT2D eigenvalue weighted by atomic mass is 10.1. The van der Waals surface area contributed by atoms with Crippen molar-refractivity contribution in [1.29, 1.82) is 0 Å². The van der Waals surface area contributed by atoms with Gasteiger partial charge >= 0.3 is 5.63 Å². The predicted octanol–water partition coefficient (Wildman–Crippen LogP) is 5.36. The van der Waals surface area contributed by atoms with Gasteiger partial charge in [0.2, 0.25) is 5.75 Å². The molecule has 0 unspecified atom stereocenters. The SMILES string of the molecule is CC(C)=CCCC(C)=CCOc1cccc2oc(=O)c(O)c(OC(C)C)c12. The third-order valence-corrected chi connectivity index (χ3v) is 3.94. The Bertz CT molecular complexity index is 899. The Hall–Kier alpha value is -2.69. The molecule has 1 aromatic carbocycles. The summed E-state index contributed by atoms with van der Waals surface area (Å²) >= 11 is 0. The molecule has 0 amide bonds. The Morgan fingerprint density at radius 3 is 2.63 bits per heavy atom. The van der Waals surface area contributed by atoms with Crippen molar-refractivity contribution in [1.82, 2.24) is 0 Å². The Morgan fingerprint density at radius 2 is 1.96 bits per heavy atom. The van der Waals surface area contributed by atoms with Gasteiger partial charge in [0.15, 0.2) is 5.75 Å². The molecular weight excluding hydrogens is 344 g/mol. The van der Waals surface area contributed by atoms with E-state index in [2.05, 4.69) is 26.8 Å². The molecule has 0 saturated carbocycles. The van der Waals surface area contributed by atoms with Crippen LogP contribution in [0.5, 0.6) is 17.2 Å². The van der Waals surface area contributed by atoms with E-state index in [1.807, 2.05) is 19.9 Å². The van der Waals surface area contributed by atoms with Crippen molar-refractivity contribution in [3.8, 4) is 17.2 Å². The second kappa shape index (κ2) is 9.31. The molecule has 2 rings (SSSR count). The van der Waals surface area contributed by atoms with Gasteiger partial charge in [-0.25, -0.2) is 4.79 Å². The van der Waals surface area contributed by atoms with Gasteiger partial charge in [0.1, 0.15) is 23.3 Å². The number of hydrogen-bond acceptors (Lipinski definition) is 5. The van der Waals surface area contributed by atoms with Gasteiger partial charge in [0, 0.05) is 0 Å². The van der Waals surface area contributed by atoms with E-state index in [1.165, 1.54) is 11.1 Å². The molecular formula is C22H28O5. The van der Waals surface area contributed by atoms with Crippen LogP contribution >= 0.6 is 0 Å². The Labute approximate surface area is 159 Å². The maximum absolute atomic E-state index is 11.8. The molecule has 1 N–H and O–H groups in total. The number of hydrogen-bond donors (Lipinski definition) is 1. The van der Waals surface area contributed by atoms with Crippen molar-refractivity contribution in [2.45, 2.75) is 53.6 Å². The van der Waals surface area contributed by atoms with Crippen LogP contribution in [0.1, 0.15) is 47.5 Å². The monoisotopic (exact) mass is 372 g/mol. The molecule has 1 aromatic heterocycles. The molecule has 0 aliphatic rings. The molecule has 0 aliphatic heterocycles. The zero-order chi connectivity index (χ0) is 20.0. The van der Waals surface area contributed by atoms with E-state index < -0.39 is 11.4 Å². The average Bonchev–Trinajstić information content (AvgIpc) is 2.58. The molecule has 1 heterocycles. The van der Waals surface area contributed by atoms with E-state index in [1.54, 1.807) is 18.2 Å². The summed E-state index contributed by atoms with van der Waals surface area (Å²) in [5.74, 6) is 0.0485. The fourth-order valence-corrected chi connectivity index (χ4v) is 2.61. The zero-order valence-electron chi connectivity index (χ0n) is 16.7. The van der Waals surface area contributed by atoms with Crippen molar-refractivity contribution in [2.24, 2.45) is 0 Å². The van der Waals surface area contributed by atoms with Crippen molar-refractivity contribution in [3.63, 3.8) is 0 Å². The number of rotatable bonds is 8. The van der Waals surface area contributed by atoms with Gasteiger partial charge in [-0.3, -0.25) is 0 Å². The van der Waals surface area contributed by atoms with Crippen LogP contribution in [0.2, 0.25) is 0 Å². The maximum atomic E-state index is 11.8. The molecule has 27 heavy (non-hydrogen) atoms. The largest absolute Gasteiger partial charge is 0.499 e. The van der Waals surface area contributed by atoms with Crippen LogP contribution in [-0.4, -0.2) is 17.8 Å². The topological polar surface area (TPSA) is 68.9 Å². The normalized spacial score (nSPS) is 11.7. The molecule has 0 fully saturated rings. The molecule has 2 aromatic rings. The Kier molecular flexibility index (Phi) is 7.11. The Morgan fingerprint density at radius 1 is 1.22 bits per heavy atom. The number of allylic oxidation sites excluding steroid dienone is 3. The van der Waals surface area contributed by atoms with Crippen molar-refractivity contribution < 1.29 is 19.0 Å². The second-order valence-electron chi connectivity index (χ2n) is 7.04. The third-order valence-electron chi connectivity index (χ3n) is 3.94. The van der Waals surface area contributed by atoms with Crippen LogP contribution in [0.15, 0.2) is 50.7 Å². The first kappa shape index (κ1) is 20.6. The molecule has 5 nitrogen and oxygen atoms in total. The minimum atomic E-state index is -0.828. The molecule has 0 atom stereocenters. The summed E-state index contributed by atoms with van der Waals surface area (Å²) < 4.78 is 16.7. The lowest BCUT2D eigenvalue weighted by Crippen LogP contribution is -2.10. The van der Waals surface area contributed by atoms with E-state index in [-0.39, 0.29) is 11.9 Å². The van der Waals surface area contributed by atoms with E-state index in [0.29, 0.717) is 23.3 Å². The smallest absolute Gasteiger partial charge is 0.382 e. The van der Waals surface area contributed by atoms with Crippen molar-refractivity contribution >= 4 is 11.0 Å². The average molecular weight is 372 g/mol. The van der Waals surface area contributed by atoms with Gasteiger partial charge in [0.25, 0.3) is 0 Å². The zero-order valence-corrected chi connectivity index (χ0v) is 16.7. The molecule has 0 saturated heterocycles. The van der Waals surface area contributed by atoms with Crippen LogP contribution in [0, 0.1) is 0 Å². The summed E-state index contributed by atoms with van der Waals surface area (Å²) in [4.78, 5) is 11.8. The lowest BCUT2D eigenvalue weighted by Gasteiger charge is -2.15. The summed E-state index contributed by atoms with van der Waals surface area (Å²) in [7, 11) is 0. The summed E-state index contributed by atoms with van der Waals surface area (Å²) in [5.41, 5.74) is 2.04. The number of aromatic hydroxyl groups is 1. The first-order valence-electron chi connectivity index (χ1n) is 9.16. The van der Waals surface area contributed by atoms with Crippen LogP contribution in [0.25, 0.3) is 11.0 Å². The first-order valence-corrected chi connectivity index (χ1v) is 9.16. The third kappa shape index (κ3) is 5.64. The Balaban J connectivity index is 2.27. The van der Waals surface area contributed by atoms with Gasteiger partial charge in [-0.2, -0.15) is 0 Å². The summed E-state index contributed by atoms with van der Waals surface area (Å²) in [6.45, 7) is 10.3. The molecule has 0 bridgehead atoms. The van der Waals surface area contributed by atoms with E-state index >= 15 is 0 Å². The highest BCUT2D eigenvalue weighted by atomic mass is 16.5. The number of benzene rings is 1. The quantitative estimate of drug-likeness (QED) is 0.499. The summed E-state index contributed by atoms with van der Waals surface area (Å²) in [6, 6.07) is 5.15. The highest BCUT2D eigenvalue weighted by Gasteiger charge is 2.19. The van der Waals surface area contributed by atoms with E-state index in [4.69, 9.17) is 13.9 Å². The fourth-order valence-electron chi connectivity index (χ4n) is 2.61. The molecule has 5 heteroatoms. The van der Waals surface area contributed by atoms with Crippen LogP contribution in [-0.2, 0) is 0 Å². The molecule has 146 valence electrons. The van der Waals surface area contributed by atoms with E-state index in [9.17, 15) is 9.90 Å². The fraction of sp³-hybridized carbons (Fsp3) is 0.409. The van der Waals surface area contributed by atoms with Crippen LogP contribution in [0.3, 0.4) is 0 Å². The van der Waals surface area contributed by atoms with E-state index in [0.717, 1.165) is 12.8 Å². The van der Waals surface area contributed by atoms with Gasteiger partial charge in [-0.1, -0.05) is 23.3 Å². The van der Waals surface area contributed by atoms with Crippen molar-refractivity contribution in [3.05, 3.63) is 51.9 Å². The highest BCUT2D eigenvalue weighted by molar-refractivity contribution is 5.91. The van der Waals surface area contributed by atoms with Gasteiger partial charge < -0.3 is 19.0 Å². The molecule has 0 aliphatic carbocycles. The lowest BCUT2D eigenvalue weighted by molar-refractivity contribution is 0.230. The van der Waals surface area contributed by atoms with Gasteiger partial charge in [-0.05, 0) is 65.7 Å². The summed E-state index contributed by atoms with van der Waals surface area (Å²) in [5, 5.41) is 10.6. The van der Waals surface area contributed by atoms with Gasteiger partial charge in [-0.15, -0.1) is 0 Å². The van der Waals surface area contributed by atoms with Crippen LogP contribution < -0.4 is 15.1 Å². The minimum absolute atomic E-state index is 0.0936. The predicted molar refractivity (Wildman–Crippen MR) is 108 cm³/mol. The van der Waals surface area contributed by atoms with Crippen LogP contribution in [0.4, 0.5) is 0 Å². The van der Waals surface area contributed by atoms with Crippen molar-refractivity contribution in [2.75, 3.05) is 6.61 Å². The molecule has 0 radical (unpaired) electrons. The number of fused-ring (bicyclic) bond motifs is 1. The molecule has 0 spiro atoms. The minimum Gasteiger partial charge on any atom is -0.499 e.